The lowest BCUT2D eigenvalue weighted by Gasteiger charge is -2.32. The number of piperidine rings is 1. The van der Waals surface area contributed by atoms with Gasteiger partial charge >= 0.3 is 0 Å². The summed E-state index contributed by atoms with van der Waals surface area (Å²) in [5, 5.41) is 3.88. The molecule has 5 nitrogen and oxygen atoms in total. The van der Waals surface area contributed by atoms with Crippen molar-refractivity contribution in [2.24, 2.45) is 0 Å². The van der Waals surface area contributed by atoms with E-state index in [-0.39, 0.29) is 17.9 Å². The van der Waals surface area contributed by atoms with Gasteiger partial charge in [-0.1, -0.05) is 23.2 Å². The minimum Gasteiger partial charge on any atom is -0.349 e. The van der Waals surface area contributed by atoms with Crippen molar-refractivity contribution in [2.45, 2.75) is 18.9 Å². The number of rotatable bonds is 4. The second kappa shape index (κ2) is 8.94. The molecule has 154 valence electrons. The molecule has 2 heterocycles. The Hall–Kier alpha value is -2.76. The van der Waals surface area contributed by atoms with E-state index in [1.54, 1.807) is 23.1 Å². The summed E-state index contributed by atoms with van der Waals surface area (Å²) in [6, 6.07) is 16.4. The number of benzene rings is 2. The van der Waals surface area contributed by atoms with Crippen LogP contribution in [0.5, 0.6) is 0 Å². The third-order valence-corrected chi connectivity index (χ3v) is 6.06. The second-order valence-electron chi connectivity index (χ2n) is 7.31. The molecule has 1 aliphatic heterocycles. The Morgan fingerprint density at radius 3 is 2.13 bits per heavy atom. The van der Waals surface area contributed by atoms with Crippen LogP contribution in [0, 0.1) is 0 Å². The van der Waals surface area contributed by atoms with E-state index >= 15 is 0 Å². The molecule has 1 fully saturated rings. The summed E-state index contributed by atoms with van der Waals surface area (Å²) >= 11 is 11.9. The van der Waals surface area contributed by atoms with Gasteiger partial charge in [0, 0.05) is 48.3 Å². The number of nitrogens with zero attached hydrogens (tertiary/aromatic N) is 2. The third kappa shape index (κ3) is 4.53. The van der Waals surface area contributed by atoms with Crippen LogP contribution in [-0.4, -0.2) is 40.4 Å². The van der Waals surface area contributed by atoms with Gasteiger partial charge < -0.3 is 14.8 Å². The van der Waals surface area contributed by atoms with Crippen LogP contribution < -0.4 is 5.32 Å². The van der Waals surface area contributed by atoms with Crippen LogP contribution in [0.15, 0.2) is 67.0 Å². The fourth-order valence-electron chi connectivity index (χ4n) is 3.60. The van der Waals surface area contributed by atoms with E-state index in [1.165, 1.54) is 0 Å². The summed E-state index contributed by atoms with van der Waals surface area (Å²) in [7, 11) is 0. The lowest BCUT2D eigenvalue weighted by Crippen LogP contribution is -2.46. The van der Waals surface area contributed by atoms with E-state index in [9.17, 15) is 9.59 Å². The molecule has 1 N–H and O–H groups in total. The Morgan fingerprint density at radius 2 is 1.50 bits per heavy atom. The fraction of sp³-hybridized carbons (Fsp3) is 0.217. The molecule has 1 aromatic heterocycles. The summed E-state index contributed by atoms with van der Waals surface area (Å²) in [5.74, 6) is -0.165. The van der Waals surface area contributed by atoms with Gasteiger partial charge in [-0.15, -0.1) is 0 Å². The minimum absolute atomic E-state index is 0.0412. The predicted octanol–water partition coefficient (Wildman–Crippen LogP) is 4.82. The third-order valence-electron chi connectivity index (χ3n) is 5.32. The van der Waals surface area contributed by atoms with Crippen LogP contribution in [0.3, 0.4) is 0 Å². The first kappa shape index (κ1) is 20.5. The van der Waals surface area contributed by atoms with E-state index in [1.807, 2.05) is 53.4 Å². The Labute approximate surface area is 185 Å². The lowest BCUT2D eigenvalue weighted by atomic mass is 10.0. The normalized spacial score (nSPS) is 14.5. The first-order chi connectivity index (χ1) is 14.5. The van der Waals surface area contributed by atoms with E-state index in [4.69, 9.17) is 23.2 Å². The van der Waals surface area contributed by atoms with Crippen molar-refractivity contribution in [1.29, 1.82) is 0 Å². The van der Waals surface area contributed by atoms with E-state index in [2.05, 4.69) is 5.32 Å². The van der Waals surface area contributed by atoms with Crippen LogP contribution in [0.1, 0.15) is 33.6 Å². The number of aromatic nitrogens is 1. The average Bonchev–Trinajstić information content (AvgIpc) is 3.31. The molecular weight excluding hydrogens is 421 g/mol. The molecule has 4 rings (SSSR count). The van der Waals surface area contributed by atoms with Crippen molar-refractivity contribution >= 4 is 35.0 Å². The fourth-order valence-corrected chi connectivity index (χ4v) is 3.90. The smallest absolute Gasteiger partial charge is 0.253 e. The van der Waals surface area contributed by atoms with Crippen LogP contribution in [0.2, 0.25) is 10.0 Å². The highest BCUT2D eigenvalue weighted by atomic mass is 35.5. The monoisotopic (exact) mass is 441 g/mol. The first-order valence-corrected chi connectivity index (χ1v) is 10.6. The molecule has 1 saturated heterocycles. The molecule has 0 aliphatic carbocycles. The lowest BCUT2D eigenvalue weighted by molar-refractivity contribution is 0.0698. The second-order valence-corrected chi connectivity index (χ2v) is 8.12. The van der Waals surface area contributed by atoms with Gasteiger partial charge in [0.2, 0.25) is 0 Å². The Balaban J connectivity index is 1.31. The zero-order valence-corrected chi connectivity index (χ0v) is 17.7. The summed E-state index contributed by atoms with van der Waals surface area (Å²) in [6.45, 7) is 1.16. The highest BCUT2D eigenvalue weighted by Gasteiger charge is 2.25. The molecule has 0 radical (unpaired) electrons. The molecule has 3 aromatic rings. The molecule has 2 amide bonds. The summed E-state index contributed by atoms with van der Waals surface area (Å²) in [4.78, 5) is 27.1. The topological polar surface area (TPSA) is 54.3 Å². The SMILES string of the molecule is O=C(NC1CCN(C(=O)c2ccc(Cl)c(Cl)c2)CC1)c1ccc(-n2cccc2)cc1. The Morgan fingerprint density at radius 1 is 0.867 bits per heavy atom. The van der Waals surface area contributed by atoms with Crippen molar-refractivity contribution in [3.05, 3.63) is 88.2 Å². The highest BCUT2D eigenvalue weighted by Crippen LogP contribution is 2.24. The van der Waals surface area contributed by atoms with Crippen LogP contribution in [0.25, 0.3) is 5.69 Å². The maximum Gasteiger partial charge on any atom is 0.253 e. The van der Waals surface area contributed by atoms with Gasteiger partial charge in [-0.2, -0.15) is 0 Å². The number of hydrogen-bond donors (Lipinski definition) is 1. The molecule has 30 heavy (non-hydrogen) atoms. The van der Waals surface area contributed by atoms with Crippen LogP contribution in [0.4, 0.5) is 0 Å². The number of likely N-dealkylation sites (tertiary alicyclic amines) is 1. The zero-order valence-electron chi connectivity index (χ0n) is 16.2. The number of halogens is 2. The van der Waals surface area contributed by atoms with Crippen LogP contribution >= 0.6 is 23.2 Å². The molecular formula is C23H21Cl2N3O2. The van der Waals surface area contributed by atoms with E-state index in [0.29, 0.717) is 47.1 Å². The summed E-state index contributed by atoms with van der Waals surface area (Å²) < 4.78 is 1.99. The number of carbonyl (C=O) groups is 2. The first-order valence-electron chi connectivity index (χ1n) is 9.80. The quantitative estimate of drug-likeness (QED) is 0.630. The zero-order chi connectivity index (χ0) is 21.1. The minimum atomic E-state index is -0.0942. The molecule has 0 unspecified atom stereocenters. The van der Waals surface area contributed by atoms with Gasteiger partial charge in [0.15, 0.2) is 0 Å². The average molecular weight is 442 g/mol. The largest absolute Gasteiger partial charge is 0.349 e. The molecule has 0 bridgehead atoms. The molecule has 0 spiro atoms. The van der Waals surface area contributed by atoms with E-state index in [0.717, 1.165) is 5.69 Å². The van der Waals surface area contributed by atoms with Crippen molar-refractivity contribution in [3.8, 4) is 5.69 Å². The molecule has 7 heteroatoms. The van der Waals surface area contributed by atoms with E-state index < -0.39 is 0 Å². The molecule has 1 aliphatic rings. The summed E-state index contributed by atoms with van der Waals surface area (Å²) in [5.41, 5.74) is 2.15. The highest BCUT2D eigenvalue weighted by molar-refractivity contribution is 6.42. The maximum absolute atomic E-state index is 12.7. The van der Waals surface area contributed by atoms with Gasteiger partial charge in [-0.3, -0.25) is 9.59 Å². The van der Waals surface area contributed by atoms with Gasteiger partial charge in [0.1, 0.15) is 0 Å². The number of hydrogen-bond acceptors (Lipinski definition) is 2. The number of amides is 2. The van der Waals surface area contributed by atoms with Gasteiger partial charge in [-0.25, -0.2) is 0 Å². The molecule has 0 saturated carbocycles. The van der Waals surface area contributed by atoms with Gasteiger partial charge in [-0.05, 0) is 67.4 Å². The van der Waals surface area contributed by atoms with Crippen molar-refractivity contribution in [1.82, 2.24) is 14.8 Å². The predicted molar refractivity (Wildman–Crippen MR) is 119 cm³/mol. The Bertz CT molecular complexity index is 1040. The molecule has 0 atom stereocenters. The van der Waals surface area contributed by atoms with Crippen molar-refractivity contribution < 1.29 is 9.59 Å². The van der Waals surface area contributed by atoms with Gasteiger partial charge in [0.25, 0.3) is 11.8 Å². The summed E-state index contributed by atoms with van der Waals surface area (Å²) in [6.07, 6.45) is 5.34. The van der Waals surface area contributed by atoms with Gasteiger partial charge in [0.05, 0.1) is 10.0 Å². The number of carbonyl (C=O) groups excluding carboxylic acids is 2. The van der Waals surface area contributed by atoms with Crippen molar-refractivity contribution in [2.75, 3.05) is 13.1 Å². The number of nitrogens with one attached hydrogen (secondary N) is 1. The maximum atomic E-state index is 12.7. The standard InChI is InChI=1S/C23H21Cl2N3O2/c24-20-8-5-17(15-21(20)25)23(30)28-13-9-18(10-14-28)26-22(29)16-3-6-19(7-4-16)27-11-1-2-12-27/h1-8,11-12,15,18H,9-10,13-14H2,(H,26,29). The van der Waals surface area contributed by atoms with Crippen molar-refractivity contribution in [3.63, 3.8) is 0 Å². The molecule has 2 aromatic carbocycles. The van der Waals surface area contributed by atoms with Crippen LogP contribution in [-0.2, 0) is 0 Å². The Kier molecular flexibility index (Phi) is 6.11.